The van der Waals surface area contributed by atoms with Gasteiger partial charge in [-0.3, -0.25) is 0 Å². The average molecular weight is 226 g/mol. The van der Waals surface area contributed by atoms with Crippen molar-refractivity contribution >= 4 is 27.0 Å². The number of aryl methyl sites for hydroxylation is 1. The first-order valence-corrected chi connectivity index (χ1v) is 4.64. The van der Waals surface area contributed by atoms with E-state index in [0.29, 0.717) is 4.80 Å². The first kappa shape index (κ1) is 7.80. The molecule has 0 saturated carbocycles. The monoisotopic (exact) mass is 225 g/mol. The van der Waals surface area contributed by atoms with Crippen LogP contribution in [0.1, 0.15) is 12.5 Å². The first-order chi connectivity index (χ1) is 5.81. The predicted molar refractivity (Wildman–Crippen MR) is 51.1 cm³/mol. The Labute approximate surface area is 78.7 Å². The summed E-state index contributed by atoms with van der Waals surface area (Å²) in [5, 5.41) is 0. The van der Waals surface area contributed by atoms with Gasteiger partial charge in [0.2, 0.25) is 0 Å². The molecular formula is C9H8BrNO. The molecule has 2 aromatic rings. The fourth-order valence-electron chi connectivity index (χ4n) is 1.26. The van der Waals surface area contributed by atoms with Crippen LogP contribution in [0.4, 0.5) is 0 Å². The van der Waals surface area contributed by atoms with Gasteiger partial charge in [0.05, 0.1) is 0 Å². The summed E-state index contributed by atoms with van der Waals surface area (Å²) in [6.07, 6.45) is 0.982. The Morgan fingerprint density at radius 3 is 3.08 bits per heavy atom. The molecule has 1 aromatic carbocycles. The third kappa shape index (κ3) is 1.14. The van der Waals surface area contributed by atoms with Crippen LogP contribution in [0.2, 0.25) is 0 Å². The van der Waals surface area contributed by atoms with Gasteiger partial charge in [0.1, 0.15) is 5.52 Å². The summed E-state index contributed by atoms with van der Waals surface area (Å²) in [4.78, 5) is 4.79. The van der Waals surface area contributed by atoms with Crippen LogP contribution >= 0.6 is 15.9 Å². The number of hydrogen-bond acceptors (Lipinski definition) is 2. The molecule has 0 atom stereocenters. The molecule has 2 rings (SSSR count). The van der Waals surface area contributed by atoms with Gasteiger partial charge in [0.15, 0.2) is 5.58 Å². The second-order valence-electron chi connectivity index (χ2n) is 2.58. The normalized spacial score (nSPS) is 10.8. The highest BCUT2D eigenvalue weighted by Gasteiger charge is 2.05. The number of benzene rings is 1. The minimum absolute atomic E-state index is 0.554. The molecule has 2 nitrogen and oxygen atoms in total. The molecule has 0 aliphatic rings. The maximum Gasteiger partial charge on any atom is 0.265 e. The topological polar surface area (TPSA) is 26.0 Å². The molecule has 0 spiro atoms. The Morgan fingerprint density at radius 1 is 1.50 bits per heavy atom. The fourth-order valence-corrected chi connectivity index (χ4v) is 1.62. The quantitative estimate of drug-likeness (QED) is 0.746. The van der Waals surface area contributed by atoms with E-state index in [1.807, 2.05) is 12.1 Å². The van der Waals surface area contributed by atoms with Gasteiger partial charge < -0.3 is 4.42 Å². The molecule has 3 heteroatoms. The summed E-state index contributed by atoms with van der Waals surface area (Å²) >= 11 is 3.21. The van der Waals surface area contributed by atoms with E-state index in [0.717, 1.165) is 17.5 Å². The largest absolute Gasteiger partial charge is 0.431 e. The summed E-state index contributed by atoms with van der Waals surface area (Å²) in [6, 6.07) is 5.97. The van der Waals surface area contributed by atoms with Crippen LogP contribution in [0.25, 0.3) is 11.1 Å². The summed E-state index contributed by atoms with van der Waals surface area (Å²) in [7, 11) is 0. The van der Waals surface area contributed by atoms with Gasteiger partial charge in [-0.05, 0) is 18.1 Å². The molecule has 0 unspecified atom stereocenters. The third-order valence-electron chi connectivity index (χ3n) is 1.86. The highest BCUT2D eigenvalue weighted by Crippen LogP contribution is 2.22. The second kappa shape index (κ2) is 2.90. The van der Waals surface area contributed by atoms with Crippen LogP contribution in [0.15, 0.2) is 27.4 Å². The van der Waals surface area contributed by atoms with Gasteiger partial charge in [-0.1, -0.05) is 19.1 Å². The molecule has 1 heterocycles. The van der Waals surface area contributed by atoms with Gasteiger partial charge in [-0.15, -0.1) is 0 Å². The Balaban J connectivity index is 2.78. The van der Waals surface area contributed by atoms with E-state index < -0.39 is 0 Å². The number of fused-ring (bicyclic) bond motifs is 1. The van der Waals surface area contributed by atoms with Crippen molar-refractivity contribution in [3.05, 3.63) is 28.6 Å². The van der Waals surface area contributed by atoms with E-state index in [1.165, 1.54) is 5.56 Å². The van der Waals surface area contributed by atoms with Crippen LogP contribution in [0.3, 0.4) is 0 Å². The van der Waals surface area contributed by atoms with Crippen LogP contribution in [0, 0.1) is 0 Å². The van der Waals surface area contributed by atoms with Crippen molar-refractivity contribution in [3.63, 3.8) is 0 Å². The molecular weight excluding hydrogens is 218 g/mol. The van der Waals surface area contributed by atoms with Crippen LogP contribution in [-0.2, 0) is 6.42 Å². The molecule has 0 amide bonds. The number of aromatic nitrogens is 1. The highest BCUT2D eigenvalue weighted by atomic mass is 79.9. The molecule has 0 N–H and O–H groups in total. The second-order valence-corrected chi connectivity index (χ2v) is 3.26. The molecule has 0 aliphatic carbocycles. The molecule has 0 radical (unpaired) electrons. The van der Waals surface area contributed by atoms with E-state index in [4.69, 9.17) is 4.42 Å². The van der Waals surface area contributed by atoms with Crippen molar-refractivity contribution in [2.45, 2.75) is 13.3 Å². The average Bonchev–Trinajstić information content (AvgIpc) is 2.44. The van der Waals surface area contributed by atoms with Gasteiger partial charge in [-0.2, -0.15) is 0 Å². The lowest BCUT2D eigenvalue weighted by atomic mass is 10.1. The number of para-hydroxylation sites is 1. The Morgan fingerprint density at radius 2 is 2.33 bits per heavy atom. The van der Waals surface area contributed by atoms with Gasteiger partial charge in [-0.25, -0.2) is 4.98 Å². The number of oxazole rings is 1. The molecule has 62 valence electrons. The van der Waals surface area contributed by atoms with Crippen molar-refractivity contribution in [1.29, 1.82) is 0 Å². The maximum atomic E-state index is 5.32. The van der Waals surface area contributed by atoms with Gasteiger partial charge in [0, 0.05) is 15.9 Å². The fraction of sp³-hybridized carbons (Fsp3) is 0.222. The maximum absolute atomic E-state index is 5.32. The van der Waals surface area contributed by atoms with E-state index in [1.54, 1.807) is 0 Å². The van der Waals surface area contributed by atoms with E-state index >= 15 is 0 Å². The lowest BCUT2D eigenvalue weighted by molar-refractivity contribution is 0.570. The minimum atomic E-state index is 0.554. The molecule has 0 saturated heterocycles. The molecule has 0 bridgehead atoms. The van der Waals surface area contributed by atoms with Crippen molar-refractivity contribution < 1.29 is 4.42 Å². The summed E-state index contributed by atoms with van der Waals surface area (Å²) in [6.45, 7) is 2.11. The van der Waals surface area contributed by atoms with E-state index in [2.05, 4.69) is 33.9 Å². The SMILES string of the molecule is CCc1cccc2oc(Br)nc12. The first-order valence-electron chi connectivity index (χ1n) is 3.85. The van der Waals surface area contributed by atoms with Crippen LogP contribution in [0.5, 0.6) is 0 Å². The molecule has 1 aromatic heterocycles. The predicted octanol–water partition coefficient (Wildman–Crippen LogP) is 3.15. The highest BCUT2D eigenvalue weighted by molar-refractivity contribution is 9.10. The van der Waals surface area contributed by atoms with Crippen LogP contribution in [-0.4, -0.2) is 4.98 Å². The minimum Gasteiger partial charge on any atom is -0.431 e. The smallest absolute Gasteiger partial charge is 0.265 e. The zero-order valence-electron chi connectivity index (χ0n) is 6.67. The Hall–Kier alpha value is -0.830. The Bertz CT molecular complexity index is 408. The standard InChI is InChI=1S/C9H8BrNO/c1-2-6-4-3-5-7-8(6)11-9(10)12-7/h3-5H,2H2,1H3. The molecule has 12 heavy (non-hydrogen) atoms. The molecule has 0 aliphatic heterocycles. The van der Waals surface area contributed by atoms with Crippen molar-refractivity contribution in [3.8, 4) is 0 Å². The lowest BCUT2D eigenvalue weighted by Gasteiger charge is -1.93. The summed E-state index contributed by atoms with van der Waals surface area (Å²) in [5.41, 5.74) is 3.04. The summed E-state index contributed by atoms with van der Waals surface area (Å²) < 4.78 is 5.32. The number of halogens is 1. The van der Waals surface area contributed by atoms with Crippen molar-refractivity contribution in [2.75, 3.05) is 0 Å². The lowest BCUT2D eigenvalue weighted by Crippen LogP contribution is -1.80. The number of hydrogen-bond donors (Lipinski definition) is 0. The Kier molecular flexibility index (Phi) is 1.89. The third-order valence-corrected chi connectivity index (χ3v) is 2.20. The number of rotatable bonds is 1. The zero-order chi connectivity index (χ0) is 8.55. The summed E-state index contributed by atoms with van der Waals surface area (Å²) in [5.74, 6) is 0. The molecule has 0 fully saturated rings. The van der Waals surface area contributed by atoms with E-state index in [9.17, 15) is 0 Å². The van der Waals surface area contributed by atoms with Crippen molar-refractivity contribution in [1.82, 2.24) is 4.98 Å². The van der Waals surface area contributed by atoms with Gasteiger partial charge >= 0.3 is 0 Å². The van der Waals surface area contributed by atoms with E-state index in [-0.39, 0.29) is 0 Å². The van der Waals surface area contributed by atoms with Crippen LogP contribution < -0.4 is 0 Å². The van der Waals surface area contributed by atoms with Crippen molar-refractivity contribution in [2.24, 2.45) is 0 Å². The van der Waals surface area contributed by atoms with Gasteiger partial charge in [0.25, 0.3) is 4.80 Å². The zero-order valence-corrected chi connectivity index (χ0v) is 8.26. The number of nitrogens with zero attached hydrogens (tertiary/aromatic N) is 1.